The highest BCUT2D eigenvalue weighted by molar-refractivity contribution is 5.78. The number of carbonyl (C=O) groups is 1. The topological polar surface area (TPSA) is 73.6 Å². The van der Waals surface area contributed by atoms with Gasteiger partial charge in [-0.25, -0.2) is 0 Å². The number of amides is 1. The molecule has 0 aliphatic heterocycles. The zero-order chi connectivity index (χ0) is 13.5. The average molecular weight is 252 g/mol. The van der Waals surface area contributed by atoms with E-state index >= 15 is 0 Å². The molecule has 0 aromatic heterocycles. The summed E-state index contributed by atoms with van der Waals surface area (Å²) in [7, 11) is 1.61. The molecule has 18 heavy (non-hydrogen) atoms. The number of rotatable bonds is 7. The molecule has 1 unspecified atom stereocenters. The molecule has 0 saturated heterocycles. The summed E-state index contributed by atoms with van der Waals surface area (Å²) in [5, 5.41) is 3.21. The van der Waals surface area contributed by atoms with Crippen LogP contribution in [0.5, 0.6) is 11.5 Å². The highest BCUT2D eigenvalue weighted by atomic mass is 16.5. The number of nitrogens with one attached hydrogen (secondary N) is 1. The molecule has 5 heteroatoms. The Morgan fingerprint density at radius 2 is 2.22 bits per heavy atom. The van der Waals surface area contributed by atoms with Crippen LogP contribution in [0.25, 0.3) is 0 Å². The molecule has 100 valence electrons. The second-order valence-corrected chi connectivity index (χ2v) is 3.92. The third-order valence-electron chi connectivity index (χ3n) is 2.54. The van der Waals surface area contributed by atoms with Gasteiger partial charge in [0.2, 0.25) is 0 Å². The molecule has 0 saturated carbocycles. The minimum absolute atomic E-state index is 0.486. The van der Waals surface area contributed by atoms with E-state index in [0.717, 1.165) is 17.9 Å². The van der Waals surface area contributed by atoms with Crippen LogP contribution >= 0.6 is 0 Å². The number of benzene rings is 1. The van der Waals surface area contributed by atoms with Gasteiger partial charge in [0.1, 0.15) is 11.5 Å². The van der Waals surface area contributed by atoms with E-state index in [1.165, 1.54) is 0 Å². The van der Waals surface area contributed by atoms with E-state index in [4.69, 9.17) is 15.2 Å². The summed E-state index contributed by atoms with van der Waals surface area (Å²) in [4.78, 5) is 11.0. The fourth-order valence-corrected chi connectivity index (χ4v) is 1.44. The van der Waals surface area contributed by atoms with Crippen LogP contribution in [0.4, 0.5) is 0 Å². The molecular weight excluding hydrogens is 232 g/mol. The Morgan fingerprint density at radius 1 is 1.50 bits per heavy atom. The monoisotopic (exact) mass is 252 g/mol. The van der Waals surface area contributed by atoms with Crippen molar-refractivity contribution in [1.82, 2.24) is 5.32 Å². The first-order chi connectivity index (χ1) is 8.58. The molecule has 0 radical (unpaired) electrons. The summed E-state index contributed by atoms with van der Waals surface area (Å²) in [5.74, 6) is 0.908. The number of ether oxygens (including phenoxy) is 2. The van der Waals surface area contributed by atoms with Crippen molar-refractivity contribution in [3.05, 3.63) is 23.8 Å². The SMILES string of the molecule is CCNCc1cc(OC)ccc1OC(C)C(N)=O. The maximum absolute atomic E-state index is 11.0. The van der Waals surface area contributed by atoms with Crippen molar-refractivity contribution in [2.45, 2.75) is 26.5 Å². The first-order valence-corrected chi connectivity index (χ1v) is 5.92. The first kappa shape index (κ1) is 14.3. The average Bonchev–Trinajstić information content (AvgIpc) is 2.37. The number of hydrogen-bond donors (Lipinski definition) is 2. The zero-order valence-electron chi connectivity index (χ0n) is 11.0. The van der Waals surface area contributed by atoms with Gasteiger partial charge in [-0.3, -0.25) is 4.79 Å². The van der Waals surface area contributed by atoms with Gasteiger partial charge in [-0.05, 0) is 31.7 Å². The summed E-state index contributed by atoms with van der Waals surface area (Å²) in [6.45, 7) is 5.15. The quantitative estimate of drug-likeness (QED) is 0.761. The Kier molecular flexibility index (Phi) is 5.45. The molecule has 3 N–H and O–H groups in total. The zero-order valence-corrected chi connectivity index (χ0v) is 11.0. The summed E-state index contributed by atoms with van der Waals surface area (Å²) in [6.07, 6.45) is -0.654. The maximum atomic E-state index is 11.0. The maximum Gasteiger partial charge on any atom is 0.258 e. The molecule has 0 fully saturated rings. The third-order valence-corrected chi connectivity index (χ3v) is 2.54. The molecule has 1 atom stereocenters. The minimum atomic E-state index is -0.654. The molecule has 1 rings (SSSR count). The summed E-state index contributed by atoms with van der Waals surface area (Å²) in [5.41, 5.74) is 6.12. The van der Waals surface area contributed by atoms with E-state index in [0.29, 0.717) is 12.3 Å². The normalized spacial score (nSPS) is 11.9. The van der Waals surface area contributed by atoms with E-state index in [1.54, 1.807) is 26.2 Å². The Balaban J connectivity index is 2.90. The second kappa shape index (κ2) is 6.86. The number of primary amides is 1. The number of methoxy groups -OCH3 is 1. The Hall–Kier alpha value is -1.75. The predicted octanol–water partition coefficient (Wildman–Crippen LogP) is 1.06. The number of nitrogens with two attached hydrogens (primary N) is 1. The number of carbonyl (C=O) groups excluding carboxylic acids is 1. The van der Waals surface area contributed by atoms with Crippen molar-refractivity contribution >= 4 is 5.91 Å². The molecule has 0 spiro atoms. The lowest BCUT2D eigenvalue weighted by Gasteiger charge is -2.16. The van der Waals surface area contributed by atoms with Crippen LogP contribution in [0.1, 0.15) is 19.4 Å². The van der Waals surface area contributed by atoms with Crippen molar-refractivity contribution < 1.29 is 14.3 Å². The van der Waals surface area contributed by atoms with E-state index in [1.807, 2.05) is 13.0 Å². The van der Waals surface area contributed by atoms with Gasteiger partial charge < -0.3 is 20.5 Å². The summed E-state index contributed by atoms with van der Waals surface area (Å²) in [6, 6.07) is 5.45. The van der Waals surface area contributed by atoms with Crippen molar-refractivity contribution in [1.29, 1.82) is 0 Å². The largest absolute Gasteiger partial charge is 0.497 e. The molecule has 0 aliphatic carbocycles. The molecule has 0 heterocycles. The Morgan fingerprint density at radius 3 is 2.78 bits per heavy atom. The van der Waals surface area contributed by atoms with Gasteiger partial charge in [-0.15, -0.1) is 0 Å². The van der Waals surface area contributed by atoms with Crippen LogP contribution in [-0.4, -0.2) is 25.7 Å². The molecule has 5 nitrogen and oxygen atoms in total. The smallest absolute Gasteiger partial charge is 0.258 e. The Bertz CT molecular complexity index is 407. The van der Waals surface area contributed by atoms with Gasteiger partial charge in [0, 0.05) is 12.1 Å². The minimum Gasteiger partial charge on any atom is -0.497 e. The van der Waals surface area contributed by atoms with Gasteiger partial charge in [0.05, 0.1) is 7.11 Å². The lowest BCUT2D eigenvalue weighted by Crippen LogP contribution is -2.31. The first-order valence-electron chi connectivity index (χ1n) is 5.92. The van der Waals surface area contributed by atoms with Gasteiger partial charge >= 0.3 is 0 Å². The van der Waals surface area contributed by atoms with Gasteiger partial charge in [0.25, 0.3) is 5.91 Å². The van der Waals surface area contributed by atoms with Crippen molar-refractivity contribution in [2.24, 2.45) is 5.73 Å². The lowest BCUT2D eigenvalue weighted by molar-refractivity contribution is -0.124. The van der Waals surface area contributed by atoms with E-state index < -0.39 is 12.0 Å². The molecule has 1 amide bonds. The lowest BCUT2D eigenvalue weighted by atomic mass is 10.2. The van der Waals surface area contributed by atoms with Crippen LogP contribution in [0.15, 0.2) is 18.2 Å². The van der Waals surface area contributed by atoms with Crippen molar-refractivity contribution in [3.8, 4) is 11.5 Å². The van der Waals surface area contributed by atoms with Crippen LogP contribution in [0.2, 0.25) is 0 Å². The van der Waals surface area contributed by atoms with Crippen molar-refractivity contribution in [2.75, 3.05) is 13.7 Å². The van der Waals surface area contributed by atoms with E-state index in [2.05, 4.69) is 5.32 Å². The van der Waals surface area contributed by atoms with E-state index in [-0.39, 0.29) is 0 Å². The standard InChI is InChI=1S/C13H20N2O3/c1-4-15-8-10-7-11(17-3)5-6-12(10)18-9(2)13(14)16/h5-7,9,15H,4,8H2,1-3H3,(H2,14,16). The van der Waals surface area contributed by atoms with E-state index in [9.17, 15) is 4.79 Å². The Labute approximate surface area is 107 Å². The highest BCUT2D eigenvalue weighted by Crippen LogP contribution is 2.25. The predicted molar refractivity (Wildman–Crippen MR) is 69.7 cm³/mol. The van der Waals surface area contributed by atoms with Gasteiger partial charge in [-0.1, -0.05) is 6.92 Å². The molecule has 1 aromatic carbocycles. The van der Waals surface area contributed by atoms with Crippen LogP contribution < -0.4 is 20.5 Å². The van der Waals surface area contributed by atoms with Crippen LogP contribution in [-0.2, 0) is 11.3 Å². The van der Waals surface area contributed by atoms with Crippen molar-refractivity contribution in [3.63, 3.8) is 0 Å². The molecule has 0 aliphatic rings. The third kappa shape index (κ3) is 3.92. The molecule has 0 bridgehead atoms. The molecule has 1 aromatic rings. The fourth-order valence-electron chi connectivity index (χ4n) is 1.44. The van der Waals surface area contributed by atoms with Crippen LogP contribution in [0.3, 0.4) is 0 Å². The van der Waals surface area contributed by atoms with Gasteiger partial charge in [0.15, 0.2) is 6.10 Å². The van der Waals surface area contributed by atoms with Crippen LogP contribution in [0, 0.1) is 0 Å². The summed E-state index contributed by atoms with van der Waals surface area (Å²) >= 11 is 0. The second-order valence-electron chi connectivity index (χ2n) is 3.92. The van der Waals surface area contributed by atoms with Gasteiger partial charge in [-0.2, -0.15) is 0 Å². The highest BCUT2D eigenvalue weighted by Gasteiger charge is 2.13. The summed E-state index contributed by atoms with van der Waals surface area (Å²) < 4.78 is 10.7. The fraction of sp³-hybridized carbons (Fsp3) is 0.462. The molecular formula is C13H20N2O3. The number of hydrogen-bond acceptors (Lipinski definition) is 4.